The van der Waals surface area contributed by atoms with E-state index in [1.807, 2.05) is 31.2 Å². The number of aryl methyl sites for hydroxylation is 2. The lowest BCUT2D eigenvalue weighted by atomic mass is 10.1. The van der Waals surface area contributed by atoms with Gasteiger partial charge >= 0.3 is 12.4 Å². The molecule has 0 spiro atoms. The summed E-state index contributed by atoms with van der Waals surface area (Å²) in [7, 11) is 0. The van der Waals surface area contributed by atoms with Crippen molar-refractivity contribution in [2.24, 2.45) is 0 Å². The van der Waals surface area contributed by atoms with Crippen molar-refractivity contribution >= 4 is 24.3 Å². The Morgan fingerprint density at radius 2 is 1.85 bits per heavy atom. The molecule has 1 aliphatic carbocycles. The van der Waals surface area contributed by atoms with E-state index in [1.165, 1.54) is 35.3 Å². The third-order valence-electron chi connectivity index (χ3n) is 6.77. The van der Waals surface area contributed by atoms with Crippen LogP contribution in [0.3, 0.4) is 0 Å². The molecule has 2 unspecified atom stereocenters. The summed E-state index contributed by atoms with van der Waals surface area (Å²) in [5.74, 6) is 0.166. The van der Waals surface area contributed by atoms with Gasteiger partial charge in [-0.3, -0.25) is 0 Å². The van der Waals surface area contributed by atoms with Crippen LogP contribution < -0.4 is 20.7 Å². The molecule has 2 amide bonds. The summed E-state index contributed by atoms with van der Waals surface area (Å²) in [6, 6.07) is 17.1. The molecule has 0 radical (unpaired) electrons. The van der Waals surface area contributed by atoms with Crippen LogP contribution in [0.1, 0.15) is 29.2 Å². The summed E-state index contributed by atoms with van der Waals surface area (Å²) in [6.07, 6.45) is -1.04. The molecule has 0 saturated heterocycles. The van der Waals surface area contributed by atoms with Gasteiger partial charge in [0.05, 0.1) is 5.69 Å². The first-order valence-electron chi connectivity index (χ1n) is 13.1. The van der Waals surface area contributed by atoms with Gasteiger partial charge in [0.1, 0.15) is 17.6 Å². The average molecular weight is 583 g/mol. The highest BCUT2D eigenvalue weighted by atomic mass is 32.1. The number of urea groups is 1. The van der Waals surface area contributed by atoms with Crippen molar-refractivity contribution in [3.8, 4) is 22.8 Å². The van der Waals surface area contributed by atoms with Crippen LogP contribution in [-0.2, 0) is 19.3 Å². The molecule has 8 nitrogen and oxygen atoms in total. The first-order chi connectivity index (χ1) is 19.6. The molecule has 214 valence electrons. The van der Waals surface area contributed by atoms with Crippen LogP contribution in [0.25, 0.3) is 17.1 Å². The number of alkyl halides is 3. The van der Waals surface area contributed by atoms with E-state index in [9.17, 15) is 18.0 Å². The van der Waals surface area contributed by atoms with Crippen molar-refractivity contribution in [3.05, 3.63) is 89.2 Å². The number of benzene rings is 3. The molecule has 4 aromatic rings. The molecule has 5 rings (SSSR count). The van der Waals surface area contributed by atoms with Crippen molar-refractivity contribution in [1.29, 1.82) is 0 Å². The number of thiol groups is 1. The summed E-state index contributed by atoms with van der Waals surface area (Å²) < 4.78 is 42.6. The molecule has 12 heteroatoms. The Labute approximate surface area is 240 Å². The van der Waals surface area contributed by atoms with Gasteiger partial charge < -0.3 is 20.7 Å². The largest absolute Gasteiger partial charge is 0.573 e. The number of aromatic nitrogens is 3. The van der Waals surface area contributed by atoms with Gasteiger partial charge in [-0.25, -0.2) is 14.5 Å². The molecule has 41 heavy (non-hydrogen) atoms. The van der Waals surface area contributed by atoms with Gasteiger partial charge in [0.25, 0.3) is 0 Å². The van der Waals surface area contributed by atoms with Crippen molar-refractivity contribution < 1.29 is 22.7 Å². The smallest absolute Gasteiger partial charge is 0.406 e. The SMILES string of the molecule is CCc1ccc(C)cc1NC(S)NC(=O)NC1Cc2ccc(-c3ncn(-c4ccc(OC(F)(F)F)cc4)n3)cc2C1. The van der Waals surface area contributed by atoms with Crippen LogP contribution >= 0.6 is 12.6 Å². The van der Waals surface area contributed by atoms with Crippen molar-refractivity contribution in [2.45, 2.75) is 51.0 Å². The van der Waals surface area contributed by atoms with Crippen molar-refractivity contribution in [1.82, 2.24) is 25.4 Å². The number of carbonyl (C=O) groups is 1. The van der Waals surface area contributed by atoms with E-state index in [0.717, 1.165) is 39.9 Å². The fraction of sp³-hybridized carbons (Fsp3) is 0.276. The van der Waals surface area contributed by atoms with Gasteiger partial charge in [-0.1, -0.05) is 31.2 Å². The summed E-state index contributed by atoms with van der Waals surface area (Å²) >= 11 is 4.50. The van der Waals surface area contributed by atoms with Gasteiger partial charge in [-0.15, -0.1) is 30.9 Å². The number of nitrogens with zero attached hydrogens (tertiary/aromatic N) is 3. The molecule has 1 aliphatic rings. The number of nitrogens with one attached hydrogen (secondary N) is 3. The first-order valence-corrected chi connectivity index (χ1v) is 13.6. The Morgan fingerprint density at radius 3 is 2.59 bits per heavy atom. The monoisotopic (exact) mass is 582 g/mol. The van der Waals surface area contributed by atoms with Crippen LogP contribution in [0.4, 0.5) is 23.7 Å². The Balaban J connectivity index is 1.18. The van der Waals surface area contributed by atoms with Crippen LogP contribution in [0.15, 0.2) is 67.0 Å². The average Bonchev–Trinajstić information content (AvgIpc) is 3.55. The zero-order valence-corrected chi connectivity index (χ0v) is 23.3. The summed E-state index contributed by atoms with van der Waals surface area (Å²) in [5.41, 5.74) is 6.20. The van der Waals surface area contributed by atoms with E-state index in [2.05, 4.69) is 62.5 Å². The number of fused-ring (bicyclic) bond motifs is 1. The number of halogens is 3. The first kappa shape index (κ1) is 28.3. The van der Waals surface area contributed by atoms with E-state index in [1.54, 1.807) is 0 Å². The number of hydrogen-bond acceptors (Lipinski definition) is 6. The van der Waals surface area contributed by atoms with E-state index in [-0.39, 0.29) is 17.8 Å². The second kappa shape index (κ2) is 11.7. The number of carbonyl (C=O) groups excluding carboxylic acids is 1. The molecule has 1 heterocycles. The molecular formula is C29H29F3N6O2S. The number of amides is 2. The minimum atomic E-state index is -4.75. The molecule has 0 saturated carbocycles. The highest BCUT2D eigenvalue weighted by Crippen LogP contribution is 2.28. The molecule has 1 aromatic heterocycles. The molecule has 0 bridgehead atoms. The van der Waals surface area contributed by atoms with E-state index < -0.39 is 11.9 Å². The normalized spacial score (nSPS) is 15.2. The summed E-state index contributed by atoms with van der Waals surface area (Å²) in [4.78, 5) is 17.1. The Morgan fingerprint density at radius 1 is 1.10 bits per heavy atom. The fourth-order valence-corrected chi connectivity index (χ4v) is 5.10. The van der Waals surface area contributed by atoms with E-state index in [0.29, 0.717) is 24.4 Å². The predicted molar refractivity (Wildman–Crippen MR) is 153 cm³/mol. The second-order valence-electron chi connectivity index (χ2n) is 9.82. The topological polar surface area (TPSA) is 93.1 Å². The maximum Gasteiger partial charge on any atom is 0.573 e. The predicted octanol–water partition coefficient (Wildman–Crippen LogP) is 5.80. The Bertz CT molecular complexity index is 1540. The maximum atomic E-state index is 12.7. The van der Waals surface area contributed by atoms with Gasteiger partial charge in [0, 0.05) is 17.3 Å². The highest BCUT2D eigenvalue weighted by molar-refractivity contribution is 7.81. The lowest BCUT2D eigenvalue weighted by molar-refractivity contribution is -0.274. The minimum Gasteiger partial charge on any atom is -0.406 e. The Hall–Kier alpha value is -4.19. The highest BCUT2D eigenvalue weighted by Gasteiger charge is 2.31. The van der Waals surface area contributed by atoms with Crippen LogP contribution in [0, 0.1) is 6.92 Å². The van der Waals surface area contributed by atoms with Gasteiger partial charge in [0.2, 0.25) is 0 Å². The van der Waals surface area contributed by atoms with Crippen molar-refractivity contribution in [2.75, 3.05) is 5.32 Å². The molecule has 3 N–H and O–H groups in total. The molecule has 2 atom stereocenters. The summed E-state index contributed by atoms with van der Waals surface area (Å²) in [5, 5.41) is 13.6. The summed E-state index contributed by atoms with van der Waals surface area (Å²) in [6.45, 7) is 4.09. The zero-order valence-electron chi connectivity index (χ0n) is 22.4. The number of hydrogen-bond donors (Lipinski definition) is 4. The second-order valence-corrected chi connectivity index (χ2v) is 10.3. The van der Waals surface area contributed by atoms with Crippen LogP contribution in [0.2, 0.25) is 0 Å². The van der Waals surface area contributed by atoms with Gasteiger partial charge in [0.15, 0.2) is 5.82 Å². The molecule has 3 aromatic carbocycles. The Kier molecular flexibility index (Phi) is 8.11. The number of anilines is 1. The molecule has 0 aliphatic heterocycles. The quantitative estimate of drug-likeness (QED) is 0.156. The van der Waals surface area contributed by atoms with Gasteiger partial charge in [-0.2, -0.15) is 0 Å². The third-order valence-corrected chi connectivity index (χ3v) is 7.02. The fourth-order valence-electron chi connectivity index (χ4n) is 4.85. The van der Waals surface area contributed by atoms with E-state index in [4.69, 9.17) is 0 Å². The minimum absolute atomic E-state index is 0.0751. The standard InChI is InChI=1S/C29H29F3N6O2S/c1-3-18-5-4-17(2)12-25(18)35-28(41)36-27(39)34-22-14-19-6-7-20(13-21(19)15-22)26-33-16-38(37-26)23-8-10-24(11-9-23)40-29(30,31)32/h4-13,16,22,28,35,41H,3,14-15H2,1-2H3,(H2,34,36,39). The van der Waals surface area contributed by atoms with Gasteiger partial charge in [-0.05, 0) is 84.8 Å². The van der Waals surface area contributed by atoms with Crippen molar-refractivity contribution in [3.63, 3.8) is 0 Å². The van der Waals surface area contributed by atoms with E-state index >= 15 is 0 Å². The maximum absolute atomic E-state index is 12.7. The zero-order chi connectivity index (χ0) is 29.1. The van der Waals surface area contributed by atoms with Crippen LogP contribution in [0.5, 0.6) is 5.75 Å². The third kappa shape index (κ3) is 7.12. The molecular weight excluding hydrogens is 553 g/mol. The lowest BCUT2D eigenvalue weighted by Gasteiger charge is -2.20. The lowest BCUT2D eigenvalue weighted by Crippen LogP contribution is -2.47. The molecule has 0 fully saturated rings. The van der Waals surface area contributed by atoms with Crippen LogP contribution in [-0.4, -0.2) is 38.7 Å². The number of ether oxygens (including phenoxy) is 1. The number of rotatable bonds is 8.